The molecule has 0 radical (unpaired) electrons. The van der Waals surface area contributed by atoms with E-state index in [9.17, 15) is 4.79 Å². The Balaban J connectivity index is 1.77. The Bertz CT molecular complexity index is 972. The number of hydrogen-bond acceptors (Lipinski definition) is 5. The Kier molecular flexibility index (Phi) is 5.53. The summed E-state index contributed by atoms with van der Waals surface area (Å²) in [6.45, 7) is 5.97. The first kappa shape index (κ1) is 18.5. The predicted octanol–water partition coefficient (Wildman–Crippen LogP) is 5.65. The number of fused-ring (bicyclic) bond motifs is 1. The van der Waals surface area contributed by atoms with E-state index in [4.69, 9.17) is 23.2 Å². The topological polar surface area (TPSA) is 54.9 Å². The molecule has 3 rings (SSSR count). The number of hydrogen-bond donors (Lipinski definition) is 1. The molecule has 4 nitrogen and oxygen atoms in total. The Hall–Kier alpha value is -1.34. The molecular formula is C17H15Cl2N3OS2. The van der Waals surface area contributed by atoms with Crippen LogP contribution in [0.4, 0.5) is 5.69 Å². The van der Waals surface area contributed by atoms with Gasteiger partial charge in [0, 0.05) is 10.3 Å². The number of aryl methyl sites for hydroxylation is 3. The van der Waals surface area contributed by atoms with Crippen LogP contribution in [0.15, 0.2) is 23.5 Å². The highest BCUT2D eigenvalue weighted by Gasteiger charge is 2.15. The zero-order valence-electron chi connectivity index (χ0n) is 13.8. The molecule has 0 aliphatic carbocycles. The lowest BCUT2D eigenvalue weighted by Crippen LogP contribution is -2.15. The second-order valence-electron chi connectivity index (χ2n) is 5.53. The van der Waals surface area contributed by atoms with Gasteiger partial charge in [0.05, 0.1) is 21.5 Å². The summed E-state index contributed by atoms with van der Waals surface area (Å²) in [5.74, 6) is 0.0249. The van der Waals surface area contributed by atoms with Crippen molar-refractivity contribution in [1.82, 2.24) is 9.97 Å². The van der Waals surface area contributed by atoms with E-state index in [1.165, 1.54) is 23.0 Å². The second kappa shape index (κ2) is 7.50. The Morgan fingerprint density at radius 1 is 1.24 bits per heavy atom. The van der Waals surface area contributed by atoms with E-state index in [2.05, 4.69) is 22.2 Å². The molecule has 8 heteroatoms. The number of carbonyl (C=O) groups excluding carboxylic acids is 1. The summed E-state index contributed by atoms with van der Waals surface area (Å²) in [4.78, 5) is 23.1. The molecule has 3 aromatic rings. The van der Waals surface area contributed by atoms with Crippen LogP contribution >= 0.6 is 46.3 Å². The number of rotatable bonds is 4. The number of benzene rings is 1. The molecule has 0 fully saturated rings. The second-order valence-corrected chi connectivity index (χ2v) is 8.48. The molecule has 1 N–H and O–H groups in total. The number of aromatic nitrogens is 2. The van der Waals surface area contributed by atoms with Crippen LogP contribution in [0.2, 0.25) is 10.0 Å². The highest BCUT2D eigenvalue weighted by Crippen LogP contribution is 2.35. The monoisotopic (exact) mass is 411 g/mol. The summed E-state index contributed by atoms with van der Waals surface area (Å²) in [6, 6.07) is 3.53. The summed E-state index contributed by atoms with van der Waals surface area (Å²) >= 11 is 15.4. The van der Waals surface area contributed by atoms with Crippen molar-refractivity contribution < 1.29 is 4.79 Å². The third-order valence-corrected chi connectivity index (χ3v) is 6.73. The number of halogens is 2. The molecule has 2 aromatic heterocycles. The maximum atomic E-state index is 12.3. The van der Waals surface area contributed by atoms with E-state index in [-0.39, 0.29) is 11.7 Å². The molecule has 2 heterocycles. The number of thioether (sulfide) groups is 1. The number of nitrogens with zero attached hydrogens (tertiary/aromatic N) is 2. The van der Waals surface area contributed by atoms with Gasteiger partial charge in [0.25, 0.3) is 0 Å². The van der Waals surface area contributed by atoms with Gasteiger partial charge in [-0.1, -0.05) is 41.0 Å². The van der Waals surface area contributed by atoms with Crippen molar-refractivity contribution in [2.24, 2.45) is 0 Å². The smallest absolute Gasteiger partial charge is 0.234 e. The SMILES string of the molecule is Cc1ccc(Cl)c(NC(=O)CSc2ncnc3sc(C)c(C)c23)c1Cl. The maximum absolute atomic E-state index is 12.3. The molecule has 0 saturated heterocycles. The van der Waals surface area contributed by atoms with Crippen LogP contribution in [0.3, 0.4) is 0 Å². The number of anilines is 1. The first-order valence-electron chi connectivity index (χ1n) is 7.46. The first-order valence-corrected chi connectivity index (χ1v) is 10.0. The Morgan fingerprint density at radius 2 is 2.00 bits per heavy atom. The van der Waals surface area contributed by atoms with Crippen molar-refractivity contribution in [3.63, 3.8) is 0 Å². The fourth-order valence-electron chi connectivity index (χ4n) is 2.34. The molecule has 0 spiro atoms. The Labute approximate surface area is 164 Å². The van der Waals surface area contributed by atoms with Gasteiger partial charge in [-0.05, 0) is 38.0 Å². The summed E-state index contributed by atoms with van der Waals surface area (Å²) in [6.07, 6.45) is 1.53. The zero-order chi connectivity index (χ0) is 18.1. The average Bonchev–Trinajstić information content (AvgIpc) is 2.88. The van der Waals surface area contributed by atoms with Gasteiger partial charge in [-0.3, -0.25) is 4.79 Å². The Morgan fingerprint density at radius 3 is 2.76 bits per heavy atom. The van der Waals surface area contributed by atoms with Gasteiger partial charge in [0.15, 0.2) is 0 Å². The standard InChI is InChI=1S/C17H15Cl2N3OS2/c1-8-4-5-11(18)15(14(8)19)22-12(23)6-24-16-13-9(2)10(3)25-17(13)21-7-20-16/h4-5,7H,6H2,1-3H3,(H,22,23). The van der Waals surface area contributed by atoms with E-state index in [0.29, 0.717) is 15.7 Å². The van der Waals surface area contributed by atoms with Gasteiger partial charge in [-0.2, -0.15) is 0 Å². The third kappa shape index (κ3) is 3.77. The van der Waals surface area contributed by atoms with Crippen molar-refractivity contribution in [1.29, 1.82) is 0 Å². The number of thiophene rings is 1. The van der Waals surface area contributed by atoms with Crippen LogP contribution in [-0.4, -0.2) is 21.6 Å². The third-order valence-electron chi connectivity index (χ3n) is 3.82. The average molecular weight is 412 g/mol. The van der Waals surface area contributed by atoms with Crippen LogP contribution in [-0.2, 0) is 4.79 Å². The number of carbonyl (C=O) groups is 1. The van der Waals surface area contributed by atoms with Gasteiger partial charge in [0.1, 0.15) is 16.2 Å². The van der Waals surface area contributed by atoms with E-state index in [0.717, 1.165) is 26.4 Å². The molecule has 0 saturated carbocycles. The quantitative estimate of drug-likeness (QED) is 0.444. The molecule has 0 aliphatic rings. The molecule has 1 amide bonds. The van der Waals surface area contributed by atoms with Crippen LogP contribution < -0.4 is 5.32 Å². The van der Waals surface area contributed by atoms with Crippen molar-refractivity contribution in [3.05, 3.63) is 44.5 Å². The van der Waals surface area contributed by atoms with Gasteiger partial charge < -0.3 is 5.32 Å². The molecule has 0 unspecified atom stereocenters. The summed E-state index contributed by atoms with van der Waals surface area (Å²) in [7, 11) is 0. The molecule has 130 valence electrons. The molecular weight excluding hydrogens is 397 g/mol. The summed E-state index contributed by atoms with van der Waals surface area (Å²) in [5, 5.41) is 5.50. The minimum atomic E-state index is -0.184. The van der Waals surface area contributed by atoms with E-state index in [1.807, 2.05) is 19.9 Å². The lowest BCUT2D eigenvalue weighted by atomic mass is 10.2. The lowest BCUT2D eigenvalue weighted by Gasteiger charge is -2.11. The van der Waals surface area contributed by atoms with E-state index >= 15 is 0 Å². The fraction of sp³-hybridized carbons (Fsp3) is 0.235. The van der Waals surface area contributed by atoms with E-state index < -0.39 is 0 Å². The van der Waals surface area contributed by atoms with E-state index in [1.54, 1.807) is 17.4 Å². The lowest BCUT2D eigenvalue weighted by molar-refractivity contribution is -0.113. The minimum absolute atomic E-state index is 0.184. The summed E-state index contributed by atoms with van der Waals surface area (Å²) in [5.41, 5.74) is 2.47. The predicted molar refractivity (Wildman–Crippen MR) is 107 cm³/mol. The van der Waals surface area contributed by atoms with Gasteiger partial charge >= 0.3 is 0 Å². The minimum Gasteiger partial charge on any atom is -0.323 e. The summed E-state index contributed by atoms with van der Waals surface area (Å²) < 4.78 is 0. The van der Waals surface area contributed by atoms with Crippen molar-refractivity contribution in [3.8, 4) is 0 Å². The van der Waals surface area contributed by atoms with Gasteiger partial charge in [0.2, 0.25) is 5.91 Å². The van der Waals surface area contributed by atoms with Gasteiger partial charge in [-0.15, -0.1) is 11.3 Å². The molecule has 0 aliphatic heterocycles. The zero-order valence-corrected chi connectivity index (χ0v) is 17.0. The normalized spacial score (nSPS) is 11.1. The maximum Gasteiger partial charge on any atom is 0.234 e. The molecule has 0 atom stereocenters. The van der Waals surface area contributed by atoms with Crippen LogP contribution in [0.5, 0.6) is 0 Å². The van der Waals surface area contributed by atoms with Crippen LogP contribution in [0.1, 0.15) is 16.0 Å². The van der Waals surface area contributed by atoms with Crippen LogP contribution in [0.25, 0.3) is 10.2 Å². The first-order chi connectivity index (χ1) is 11.9. The number of amides is 1. The van der Waals surface area contributed by atoms with Crippen molar-refractivity contribution >= 4 is 68.1 Å². The van der Waals surface area contributed by atoms with Gasteiger partial charge in [-0.25, -0.2) is 9.97 Å². The molecule has 1 aromatic carbocycles. The largest absolute Gasteiger partial charge is 0.323 e. The highest BCUT2D eigenvalue weighted by atomic mass is 35.5. The molecule has 25 heavy (non-hydrogen) atoms. The molecule has 0 bridgehead atoms. The highest BCUT2D eigenvalue weighted by molar-refractivity contribution is 8.00. The van der Waals surface area contributed by atoms with Crippen molar-refractivity contribution in [2.45, 2.75) is 25.8 Å². The van der Waals surface area contributed by atoms with Crippen LogP contribution in [0, 0.1) is 20.8 Å². The number of nitrogens with one attached hydrogen (secondary N) is 1. The van der Waals surface area contributed by atoms with Crippen molar-refractivity contribution in [2.75, 3.05) is 11.1 Å². The fourth-order valence-corrected chi connectivity index (χ4v) is 4.72.